The van der Waals surface area contributed by atoms with Crippen molar-refractivity contribution in [1.29, 1.82) is 0 Å². The molecule has 0 saturated carbocycles. The number of nitro groups is 1. The first-order valence-corrected chi connectivity index (χ1v) is 7.33. The van der Waals surface area contributed by atoms with E-state index in [1.54, 1.807) is 12.1 Å². The average Bonchev–Trinajstić information content (AvgIpc) is 2.83. The number of nitrogens with zero attached hydrogens (tertiary/aromatic N) is 1. The van der Waals surface area contributed by atoms with Crippen LogP contribution in [0.5, 0.6) is 0 Å². The van der Waals surface area contributed by atoms with E-state index in [0.717, 1.165) is 11.1 Å². The van der Waals surface area contributed by atoms with Crippen LogP contribution in [-0.2, 0) is 17.6 Å². The lowest BCUT2D eigenvalue weighted by atomic mass is 10.1. The Morgan fingerprint density at radius 1 is 1.26 bits per heavy atom. The van der Waals surface area contributed by atoms with Gasteiger partial charge in [0.2, 0.25) is 5.91 Å². The van der Waals surface area contributed by atoms with Gasteiger partial charge in [-0.3, -0.25) is 14.9 Å². The molecule has 0 fully saturated rings. The molecular formula is C17H16N2O4. The molecule has 1 aliphatic rings. The Bertz CT molecular complexity index is 760. The second kappa shape index (κ2) is 6.18. The van der Waals surface area contributed by atoms with Crippen LogP contribution in [0.25, 0.3) is 0 Å². The number of nitrogens with one attached hydrogen (secondary N) is 1. The van der Waals surface area contributed by atoms with Crippen LogP contribution in [-0.4, -0.2) is 22.0 Å². The first-order valence-electron chi connectivity index (χ1n) is 7.33. The number of nitro benzene ring substituents is 1. The molecule has 6 nitrogen and oxygen atoms in total. The van der Waals surface area contributed by atoms with Crippen molar-refractivity contribution in [1.82, 2.24) is 5.32 Å². The predicted molar refractivity (Wildman–Crippen MR) is 83.8 cm³/mol. The molecule has 1 aliphatic carbocycles. The number of aliphatic hydroxyl groups excluding tert-OH is 1. The molecule has 1 amide bonds. The van der Waals surface area contributed by atoms with Crippen molar-refractivity contribution in [2.75, 3.05) is 0 Å². The van der Waals surface area contributed by atoms with Crippen molar-refractivity contribution in [3.05, 3.63) is 75.3 Å². The molecule has 2 aromatic rings. The molecule has 0 aliphatic heterocycles. The monoisotopic (exact) mass is 312 g/mol. The molecule has 0 bridgehead atoms. The summed E-state index contributed by atoms with van der Waals surface area (Å²) in [5.41, 5.74) is 2.48. The number of benzene rings is 2. The third-order valence-corrected chi connectivity index (χ3v) is 4.01. The summed E-state index contributed by atoms with van der Waals surface area (Å²) >= 11 is 0. The van der Waals surface area contributed by atoms with Crippen LogP contribution < -0.4 is 5.32 Å². The van der Waals surface area contributed by atoms with E-state index in [2.05, 4.69) is 5.32 Å². The van der Waals surface area contributed by atoms with E-state index in [-0.39, 0.29) is 18.0 Å². The van der Waals surface area contributed by atoms with Crippen molar-refractivity contribution in [3.63, 3.8) is 0 Å². The fraction of sp³-hybridized carbons (Fsp3) is 0.235. The Balaban J connectivity index is 1.71. The number of hydrogen-bond donors (Lipinski definition) is 2. The average molecular weight is 312 g/mol. The molecular weight excluding hydrogens is 296 g/mol. The zero-order chi connectivity index (χ0) is 16.4. The van der Waals surface area contributed by atoms with E-state index in [1.807, 2.05) is 24.3 Å². The zero-order valence-electron chi connectivity index (χ0n) is 12.3. The Kier molecular flexibility index (Phi) is 4.08. The summed E-state index contributed by atoms with van der Waals surface area (Å²) in [6.07, 6.45) is -0.105. The van der Waals surface area contributed by atoms with Gasteiger partial charge in [0.25, 0.3) is 5.69 Å². The summed E-state index contributed by atoms with van der Waals surface area (Å²) in [4.78, 5) is 22.5. The lowest BCUT2D eigenvalue weighted by Gasteiger charge is -2.18. The van der Waals surface area contributed by atoms with Gasteiger partial charge in [0.1, 0.15) is 0 Å². The number of amides is 1. The van der Waals surface area contributed by atoms with Gasteiger partial charge in [-0.05, 0) is 16.7 Å². The highest BCUT2D eigenvalue weighted by Gasteiger charge is 2.31. The molecule has 0 radical (unpaired) electrons. The minimum atomic E-state index is -0.651. The molecule has 2 N–H and O–H groups in total. The fourth-order valence-electron chi connectivity index (χ4n) is 2.94. The molecule has 0 unspecified atom stereocenters. The third-order valence-electron chi connectivity index (χ3n) is 4.01. The normalized spacial score (nSPS) is 19.2. The number of carbonyl (C=O) groups is 1. The third kappa shape index (κ3) is 3.22. The molecule has 23 heavy (non-hydrogen) atoms. The Labute approximate surface area is 132 Å². The maximum atomic E-state index is 12.2. The van der Waals surface area contributed by atoms with E-state index in [0.29, 0.717) is 12.0 Å². The maximum absolute atomic E-state index is 12.2. The molecule has 0 saturated heterocycles. The molecule has 0 spiro atoms. The van der Waals surface area contributed by atoms with Gasteiger partial charge in [-0.1, -0.05) is 36.4 Å². The Morgan fingerprint density at radius 2 is 2.04 bits per heavy atom. The zero-order valence-corrected chi connectivity index (χ0v) is 12.3. The Hall–Kier alpha value is -2.73. The molecule has 2 aromatic carbocycles. The number of rotatable bonds is 4. The lowest BCUT2D eigenvalue weighted by Crippen LogP contribution is -2.34. The van der Waals surface area contributed by atoms with E-state index >= 15 is 0 Å². The van der Waals surface area contributed by atoms with Crippen molar-refractivity contribution >= 4 is 11.6 Å². The highest BCUT2D eigenvalue weighted by atomic mass is 16.6. The van der Waals surface area contributed by atoms with Crippen LogP contribution in [0.4, 0.5) is 5.69 Å². The smallest absolute Gasteiger partial charge is 0.269 e. The van der Waals surface area contributed by atoms with Crippen LogP contribution in [0.2, 0.25) is 0 Å². The minimum absolute atomic E-state index is 0.0348. The summed E-state index contributed by atoms with van der Waals surface area (Å²) in [7, 11) is 0. The second-order valence-electron chi connectivity index (χ2n) is 5.62. The van der Waals surface area contributed by atoms with Crippen molar-refractivity contribution in [3.8, 4) is 0 Å². The maximum Gasteiger partial charge on any atom is 0.269 e. The van der Waals surface area contributed by atoms with Crippen LogP contribution in [0.15, 0.2) is 48.5 Å². The minimum Gasteiger partial charge on any atom is -0.390 e. The van der Waals surface area contributed by atoms with Gasteiger partial charge >= 0.3 is 0 Å². The molecule has 0 heterocycles. The van der Waals surface area contributed by atoms with Crippen molar-refractivity contribution in [2.24, 2.45) is 0 Å². The van der Waals surface area contributed by atoms with Gasteiger partial charge in [0, 0.05) is 18.6 Å². The highest BCUT2D eigenvalue weighted by Crippen LogP contribution is 2.31. The first-order chi connectivity index (χ1) is 11.0. The van der Waals surface area contributed by atoms with Gasteiger partial charge in [-0.25, -0.2) is 0 Å². The first kappa shape index (κ1) is 15.2. The number of carbonyl (C=O) groups excluding carboxylic acids is 1. The number of aliphatic hydroxyl groups is 1. The summed E-state index contributed by atoms with van der Waals surface area (Å²) < 4.78 is 0. The van der Waals surface area contributed by atoms with Crippen molar-refractivity contribution < 1.29 is 14.8 Å². The van der Waals surface area contributed by atoms with Gasteiger partial charge in [0.15, 0.2) is 0 Å². The van der Waals surface area contributed by atoms with E-state index < -0.39 is 17.1 Å². The van der Waals surface area contributed by atoms with Gasteiger partial charge in [0.05, 0.1) is 23.5 Å². The molecule has 6 heteroatoms. The van der Waals surface area contributed by atoms with Crippen molar-refractivity contribution in [2.45, 2.75) is 25.0 Å². The number of hydrogen-bond acceptors (Lipinski definition) is 4. The number of fused-ring (bicyclic) bond motifs is 1. The SMILES string of the molecule is O=C(Cc1cccc([N+](=O)[O-])c1)N[C@H]1c2ccccc2C[C@H]1O. The largest absolute Gasteiger partial charge is 0.390 e. The highest BCUT2D eigenvalue weighted by molar-refractivity contribution is 5.79. The Morgan fingerprint density at radius 3 is 2.83 bits per heavy atom. The predicted octanol–water partition coefficient (Wildman–Crippen LogP) is 1.91. The van der Waals surface area contributed by atoms with Crippen LogP contribution >= 0.6 is 0 Å². The quantitative estimate of drug-likeness (QED) is 0.666. The molecule has 2 atom stereocenters. The van der Waals surface area contributed by atoms with E-state index in [9.17, 15) is 20.0 Å². The molecule has 3 rings (SSSR count). The van der Waals surface area contributed by atoms with Gasteiger partial charge < -0.3 is 10.4 Å². The summed E-state index contributed by atoms with van der Waals surface area (Å²) in [5.74, 6) is -0.272. The van der Waals surface area contributed by atoms with Crippen LogP contribution in [0, 0.1) is 10.1 Å². The van der Waals surface area contributed by atoms with E-state index in [1.165, 1.54) is 12.1 Å². The topological polar surface area (TPSA) is 92.5 Å². The lowest BCUT2D eigenvalue weighted by molar-refractivity contribution is -0.384. The fourth-order valence-corrected chi connectivity index (χ4v) is 2.94. The number of non-ortho nitro benzene ring substituents is 1. The standard InChI is InChI=1S/C17H16N2O4/c20-15-10-12-5-1-2-7-14(12)17(15)18-16(21)9-11-4-3-6-13(8-11)19(22)23/h1-8,15,17,20H,9-10H2,(H,18,21)/t15-,17+/m1/s1. The molecule has 0 aromatic heterocycles. The van der Waals surface area contributed by atoms with Crippen LogP contribution in [0.1, 0.15) is 22.7 Å². The summed E-state index contributed by atoms with van der Waals surface area (Å²) in [6.45, 7) is 0. The van der Waals surface area contributed by atoms with E-state index in [4.69, 9.17) is 0 Å². The summed E-state index contributed by atoms with van der Waals surface area (Å²) in [6, 6.07) is 13.2. The summed E-state index contributed by atoms with van der Waals surface area (Å²) in [5, 5.41) is 23.7. The van der Waals surface area contributed by atoms with Crippen LogP contribution in [0.3, 0.4) is 0 Å². The molecule has 118 valence electrons. The van der Waals surface area contributed by atoms with Gasteiger partial charge in [-0.2, -0.15) is 0 Å². The van der Waals surface area contributed by atoms with Gasteiger partial charge in [-0.15, -0.1) is 0 Å². The second-order valence-corrected chi connectivity index (χ2v) is 5.62.